The van der Waals surface area contributed by atoms with E-state index < -0.39 is 11.9 Å². The van der Waals surface area contributed by atoms with Crippen molar-refractivity contribution in [2.75, 3.05) is 43.1 Å². The molecule has 2 N–H and O–H groups in total. The Kier molecular flexibility index (Phi) is 8.06. The van der Waals surface area contributed by atoms with Crippen molar-refractivity contribution in [3.63, 3.8) is 0 Å². The van der Waals surface area contributed by atoms with Crippen LogP contribution in [0.3, 0.4) is 0 Å². The molecule has 1 atom stereocenters. The minimum atomic E-state index is -0.456. The lowest BCUT2D eigenvalue weighted by atomic mass is 10.0. The van der Waals surface area contributed by atoms with Crippen molar-refractivity contribution in [2.45, 2.75) is 44.8 Å². The zero-order valence-electron chi connectivity index (χ0n) is 23.0. The van der Waals surface area contributed by atoms with Crippen LogP contribution in [0.15, 0.2) is 55.1 Å². The third-order valence-electron chi connectivity index (χ3n) is 7.51. The predicted octanol–water partition coefficient (Wildman–Crippen LogP) is 5.00. The van der Waals surface area contributed by atoms with E-state index in [1.165, 1.54) is 6.07 Å². The van der Waals surface area contributed by atoms with E-state index in [1.54, 1.807) is 24.4 Å². The van der Waals surface area contributed by atoms with Gasteiger partial charge in [-0.3, -0.25) is 4.68 Å². The van der Waals surface area contributed by atoms with Crippen molar-refractivity contribution in [3.8, 4) is 28.3 Å². The lowest BCUT2D eigenvalue weighted by Gasteiger charge is -2.33. The molecule has 0 aliphatic carbocycles. The lowest BCUT2D eigenvalue weighted by Crippen LogP contribution is -2.38. The van der Waals surface area contributed by atoms with Gasteiger partial charge in [-0.15, -0.1) is 0 Å². The van der Waals surface area contributed by atoms with Crippen LogP contribution in [-0.4, -0.2) is 68.9 Å². The molecule has 2 aliphatic heterocycles. The van der Waals surface area contributed by atoms with Crippen LogP contribution in [0.4, 0.5) is 21.7 Å². The average Bonchev–Trinajstić information content (AvgIpc) is 3.48. The van der Waals surface area contributed by atoms with Crippen molar-refractivity contribution in [1.82, 2.24) is 24.7 Å². The van der Waals surface area contributed by atoms with E-state index in [2.05, 4.69) is 31.5 Å². The number of piperidine rings is 1. The first-order valence-corrected chi connectivity index (χ1v) is 14.2. The summed E-state index contributed by atoms with van der Waals surface area (Å²) in [6.07, 6.45) is 10.5. The monoisotopic (exact) mass is 559 g/mol. The Balaban J connectivity index is 1.32. The number of rotatable bonds is 8. The second-order valence-electron chi connectivity index (χ2n) is 10.3. The van der Waals surface area contributed by atoms with Gasteiger partial charge in [-0.25, -0.2) is 19.3 Å². The van der Waals surface area contributed by atoms with Crippen LogP contribution < -0.4 is 15.0 Å². The zero-order valence-corrected chi connectivity index (χ0v) is 23.0. The van der Waals surface area contributed by atoms with Gasteiger partial charge < -0.3 is 24.8 Å². The van der Waals surface area contributed by atoms with Crippen molar-refractivity contribution >= 4 is 17.3 Å². The Morgan fingerprint density at radius 2 is 2.00 bits per heavy atom. The third-order valence-corrected chi connectivity index (χ3v) is 7.51. The van der Waals surface area contributed by atoms with Gasteiger partial charge in [-0.2, -0.15) is 5.10 Å². The first kappa shape index (κ1) is 27.1. The summed E-state index contributed by atoms with van der Waals surface area (Å²) in [7, 11) is 0. The highest BCUT2D eigenvalue weighted by molar-refractivity contribution is 5.80. The molecule has 11 heteroatoms. The Labute approximate surface area is 238 Å². The number of hydrogen-bond acceptors (Lipinski definition) is 9. The fourth-order valence-corrected chi connectivity index (χ4v) is 5.47. The maximum Gasteiger partial charge on any atom is 0.168 e. The fourth-order valence-electron chi connectivity index (χ4n) is 5.47. The summed E-state index contributed by atoms with van der Waals surface area (Å²) in [6.45, 7) is 5.09. The summed E-state index contributed by atoms with van der Waals surface area (Å²) in [5, 5.41) is 18.4. The number of aliphatic hydroxyl groups is 1. The molecule has 2 fully saturated rings. The average molecular weight is 560 g/mol. The topological polar surface area (TPSA) is 110 Å². The number of pyridine rings is 1. The molecule has 0 bridgehead atoms. The van der Waals surface area contributed by atoms with E-state index in [0.717, 1.165) is 62.3 Å². The number of ether oxygens (including phenoxy) is 2. The van der Waals surface area contributed by atoms with Crippen molar-refractivity contribution < 1.29 is 19.0 Å². The maximum absolute atomic E-state index is 14.8. The summed E-state index contributed by atoms with van der Waals surface area (Å²) in [6, 6.07) is 8.67. The second kappa shape index (κ2) is 12.2. The van der Waals surface area contributed by atoms with E-state index in [-0.39, 0.29) is 11.4 Å². The number of benzene rings is 1. The summed E-state index contributed by atoms with van der Waals surface area (Å²) in [5.41, 5.74) is 3.08. The minimum Gasteiger partial charge on any atom is -0.493 e. The van der Waals surface area contributed by atoms with E-state index in [4.69, 9.17) is 14.5 Å². The number of nitrogens with one attached hydrogen (secondary N) is 1. The van der Waals surface area contributed by atoms with E-state index >= 15 is 0 Å². The quantitative estimate of drug-likeness (QED) is 0.308. The first-order valence-electron chi connectivity index (χ1n) is 14.2. The number of aromatic nitrogens is 5. The van der Waals surface area contributed by atoms with Gasteiger partial charge in [0.2, 0.25) is 0 Å². The first-order chi connectivity index (χ1) is 20.1. The van der Waals surface area contributed by atoms with Gasteiger partial charge in [0.15, 0.2) is 5.82 Å². The summed E-state index contributed by atoms with van der Waals surface area (Å²) >= 11 is 0. The van der Waals surface area contributed by atoms with Gasteiger partial charge in [0.1, 0.15) is 23.2 Å². The molecular weight excluding hydrogens is 525 g/mol. The molecule has 0 spiro atoms. The number of aliphatic hydroxyl groups excluding tert-OH is 1. The number of anilines is 3. The highest BCUT2D eigenvalue weighted by atomic mass is 19.1. The summed E-state index contributed by atoms with van der Waals surface area (Å²) in [4.78, 5) is 15.8. The van der Waals surface area contributed by atoms with Crippen LogP contribution in [0.25, 0.3) is 22.5 Å². The zero-order chi connectivity index (χ0) is 28.2. The van der Waals surface area contributed by atoms with Crippen molar-refractivity contribution in [2.24, 2.45) is 0 Å². The Morgan fingerprint density at radius 1 is 1.12 bits per heavy atom. The van der Waals surface area contributed by atoms with Gasteiger partial charge in [0.05, 0.1) is 36.2 Å². The Bertz CT molecular complexity index is 1490. The van der Waals surface area contributed by atoms with Crippen LogP contribution >= 0.6 is 0 Å². The van der Waals surface area contributed by atoms with Gasteiger partial charge in [0.25, 0.3) is 0 Å². The molecule has 0 radical (unpaired) electrons. The van der Waals surface area contributed by atoms with Crippen LogP contribution in [0.1, 0.15) is 38.6 Å². The highest BCUT2D eigenvalue weighted by Crippen LogP contribution is 2.36. The smallest absolute Gasteiger partial charge is 0.168 e. The van der Waals surface area contributed by atoms with Gasteiger partial charge in [-0.1, -0.05) is 6.07 Å². The minimum absolute atomic E-state index is 0.214. The molecule has 0 unspecified atom stereocenters. The van der Waals surface area contributed by atoms with Crippen LogP contribution in [0.5, 0.6) is 5.75 Å². The standard InChI is InChI=1S/C30H34FN7O3/c1-2-41-26-7-3-6-24(31)29(26)30-32-11-8-27(36-30)35-28-15-25(37-12-4-5-22(39)19-37)23(17-33-28)20-16-34-38(18-20)21-9-13-40-14-10-21/h3,6-8,11,15-18,21-22,39H,2,4-5,9-10,12-14,19H2,1H3,(H,32,33,35,36)/t22-/m0/s1. The molecule has 2 saturated heterocycles. The molecule has 41 heavy (non-hydrogen) atoms. The molecule has 5 heterocycles. The fraction of sp³-hybridized carbons (Fsp3) is 0.400. The molecule has 4 aromatic rings. The highest BCUT2D eigenvalue weighted by Gasteiger charge is 2.24. The molecule has 214 valence electrons. The molecule has 0 amide bonds. The van der Waals surface area contributed by atoms with E-state index in [0.29, 0.717) is 36.6 Å². The van der Waals surface area contributed by atoms with Crippen LogP contribution in [0, 0.1) is 5.82 Å². The van der Waals surface area contributed by atoms with E-state index in [1.807, 2.05) is 30.1 Å². The van der Waals surface area contributed by atoms with Gasteiger partial charge >= 0.3 is 0 Å². The van der Waals surface area contributed by atoms with Crippen molar-refractivity contribution in [1.29, 1.82) is 0 Å². The summed E-state index contributed by atoms with van der Waals surface area (Å²) in [5.74, 6) is 1.19. The number of β-amino-alcohol motifs (C(OH)–C–C–N with tert-alkyl or cyclic N) is 1. The van der Waals surface area contributed by atoms with Gasteiger partial charge in [0, 0.05) is 62.1 Å². The number of nitrogens with zero attached hydrogens (tertiary/aromatic N) is 6. The van der Waals surface area contributed by atoms with Crippen LogP contribution in [-0.2, 0) is 4.74 Å². The second-order valence-corrected chi connectivity index (χ2v) is 10.3. The van der Waals surface area contributed by atoms with Crippen molar-refractivity contribution in [3.05, 3.63) is 60.9 Å². The molecule has 10 nitrogen and oxygen atoms in total. The normalized spacial score (nSPS) is 17.9. The molecular formula is C30H34FN7O3. The SMILES string of the molecule is CCOc1cccc(F)c1-c1nccc(Nc2cc(N3CCC[C@H](O)C3)c(-c3cnn(C4CCOCC4)c3)cn2)n1. The molecule has 3 aromatic heterocycles. The molecule has 0 saturated carbocycles. The molecule has 1 aromatic carbocycles. The van der Waals surface area contributed by atoms with Gasteiger partial charge in [-0.05, 0) is 50.8 Å². The Morgan fingerprint density at radius 3 is 2.83 bits per heavy atom. The third kappa shape index (κ3) is 6.01. The Hall–Kier alpha value is -4.09. The molecule has 6 rings (SSSR count). The summed E-state index contributed by atoms with van der Waals surface area (Å²) < 4.78 is 28.0. The maximum atomic E-state index is 14.8. The van der Waals surface area contributed by atoms with Crippen LogP contribution in [0.2, 0.25) is 0 Å². The lowest BCUT2D eigenvalue weighted by molar-refractivity contribution is 0.0662. The number of halogens is 1. The largest absolute Gasteiger partial charge is 0.493 e. The number of hydrogen-bond donors (Lipinski definition) is 2. The molecule has 2 aliphatic rings. The van der Waals surface area contributed by atoms with E-state index in [9.17, 15) is 9.50 Å². The predicted molar refractivity (Wildman–Crippen MR) is 154 cm³/mol.